The third-order valence-electron chi connectivity index (χ3n) is 4.38. The predicted octanol–water partition coefficient (Wildman–Crippen LogP) is 4.49. The Bertz CT molecular complexity index is 466. The van der Waals surface area contributed by atoms with Gasteiger partial charge >= 0.3 is 6.09 Å². The summed E-state index contributed by atoms with van der Waals surface area (Å²) in [6.45, 7) is 4.64. The molecule has 116 valence electrons. The van der Waals surface area contributed by atoms with Crippen molar-refractivity contribution >= 4 is 17.5 Å². The summed E-state index contributed by atoms with van der Waals surface area (Å²) < 4.78 is 4.61. The van der Waals surface area contributed by atoms with E-state index < -0.39 is 6.09 Å². The maximum absolute atomic E-state index is 11.2. The molecule has 1 aromatic rings. The summed E-state index contributed by atoms with van der Waals surface area (Å²) in [5, 5.41) is 6.27. The topological polar surface area (TPSA) is 50.4 Å². The van der Waals surface area contributed by atoms with Crippen LogP contribution in [0, 0.1) is 11.8 Å². The summed E-state index contributed by atoms with van der Waals surface area (Å²) in [6, 6.07) is 8.32. The molecular weight excluding hydrogens is 264 g/mol. The molecule has 4 heteroatoms. The van der Waals surface area contributed by atoms with E-state index in [4.69, 9.17) is 0 Å². The molecule has 0 unspecified atom stereocenters. The van der Waals surface area contributed by atoms with Crippen molar-refractivity contribution in [1.82, 2.24) is 0 Å². The van der Waals surface area contributed by atoms with E-state index in [2.05, 4.69) is 29.2 Å². The highest BCUT2D eigenvalue weighted by molar-refractivity contribution is 5.85. The van der Waals surface area contributed by atoms with E-state index in [1.807, 2.05) is 24.3 Å². The van der Waals surface area contributed by atoms with E-state index in [1.54, 1.807) is 0 Å². The summed E-state index contributed by atoms with van der Waals surface area (Å²) in [5.41, 5.74) is 1.81. The van der Waals surface area contributed by atoms with Gasteiger partial charge in [-0.05, 0) is 55.7 Å². The molecule has 1 fully saturated rings. The summed E-state index contributed by atoms with van der Waals surface area (Å²) in [5.74, 6) is 1.66. The van der Waals surface area contributed by atoms with E-state index in [9.17, 15) is 4.79 Å². The smallest absolute Gasteiger partial charge is 0.411 e. The Morgan fingerprint density at radius 2 is 1.86 bits per heavy atom. The first-order chi connectivity index (χ1) is 10.1. The van der Waals surface area contributed by atoms with Crippen molar-refractivity contribution < 1.29 is 9.53 Å². The number of nitrogens with one attached hydrogen (secondary N) is 2. The fourth-order valence-corrected chi connectivity index (χ4v) is 3.02. The van der Waals surface area contributed by atoms with Crippen molar-refractivity contribution in [2.24, 2.45) is 11.8 Å². The molecule has 0 atom stereocenters. The highest BCUT2D eigenvalue weighted by atomic mass is 16.5. The first kappa shape index (κ1) is 15.7. The minimum Gasteiger partial charge on any atom is -0.453 e. The first-order valence-corrected chi connectivity index (χ1v) is 7.80. The maximum atomic E-state index is 11.2. The number of methoxy groups -OCH3 is 1. The third kappa shape index (κ3) is 4.66. The average molecular weight is 290 g/mol. The van der Waals surface area contributed by atoms with Crippen LogP contribution in [0.25, 0.3) is 0 Å². The van der Waals surface area contributed by atoms with Crippen LogP contribution in [0.1, 0.15) is 39.5 Å². The van der Waals surface area contributed by atoms with Crippen LogP contribution in [-0.2, 0) is 4.74 Å². The number of hydrogen-bond donors (Lipinski definition) is 2. The monoisotopic (exact) mass is 290 g/mol. The molecule has 21 heavy (non-hydrogen) atoms. The Morgan fingerprint density at radius 3 is 2.48 bits per heavy atom. The van der Waals surface area contributed by atoms with Gasteiger partial charge in [-0.3, -0.25) is 5.32 Å². The Morgan fingerprint density at radius 1 is 1.19 bits per heavy atom. The normalized spacial score (nSPS) is 21.9. The standard InChI is InChI=1S/C17H26N2O2/c1-12(2)13-7-9-14(10-8-13)18-15-5-4-6-16(11-15)19-17(20)21-3/h4-6,11-14,18H,7-10H2,1-3H3,(H,19,20). The predicted molar refractivity (Wildman–Crippen MR) is 86.7 cm³/mol. The molecule has 0 saturated heterocycles. The number of hydrogen-bond acceptors (Lipinski definition) is 3. The van der Waals surface area contributed by atoms with Crippen molar-refractivity contribution in [2.75, 3.05) is 17.7 Å². The van der Waals surface area contributed by atoms with Gasteiger partial charge in [-0.15, -0.1) is 0 Å². The van der Waals surface area contributed by atoms with Gasteiger partial charge < -0.3 is 10.1 Å². The number of carbonyl (C=O) groups is 1. The molecule has 0 aliphatic heterocycles. The van der Waals surface area contributed by atoms with Gasteiger partial charge in [-0.2, -0.15) is 0 Å². The lowest BCUT2D eigenvalue weighted by atomic mass is 9.79. The van der Waals surface area contributed by atoms with E-state index in [-0.39, 0.29) is 0 Å². The number of anilines is 2. The average Bonchev–Trinajstić information content (AvgIpc) is 2.48. The van der Waals surface area contributed by atoms with Gasteiger partial charge in [0.25, 0.3) is 0 Å². The van der Waals surface area contributed by atoms with Crippen LogP contribution in [0.4, 0.5) is 16.2 Å². The molecular formula is C17H26N2O2. The fraction of sp³-hybridized carbons (Fsp3) is 0.588. The second-order valence-electron chi connectivity index (χ2n) is 6.20. The molecule has 0 aromatic heterocycles. The SMILES string of the molecule is COC(=O)Nc1cccc(NC2CCC(C(C)C)CC2)c1. The number of amides is 1. The fourth-order valence-electron chi connectivity index (χ4n) is 3.02. The molecule has 2 rings (SSSR count). The Balaban J connectivity index is 1.89. The van der Waals surface area contributed by atoms with Crippen LogP contribution in [0.5, 0.6) is 0 Å². The van der Waals surface area contributed by atoms with Crippen LogP contribution in [0.2, 0.25) is 0 Å². The van der Waals surface area contributed by atoms with Gasteiger partial charge in [-0.1, -0.05) is 19.9 Å². The lowest BCUT2D eigenvalue weighted by Gasteiger charge is -2.32. The maximum Gasteiger partial charge on any atom is 0.411 e. The Labute approximate surface area is 127 Å². The molecule has 1 aliphatic rings. The van der Waals surface area contributed by atoms with Crippen molar-refractivity contribution in [2.45, 2.75) is 45.6 Å². The van der Waals surface area contributed by atoms with Crippen LogP contribution < -0.4 is 10.6 Å². The largest absolute Gasteiger partial charge is 0.453 e. The summed E-state index contributed by atoms with van der Waals surface area (Å²) in [6.07, 6.45) is 4.60. The van der Waals surface area contributed by atoms with Gasteiger partial charge in [0.05, 0.1) is 7.11 Å². The highest BCUT2D eigenvalue weighted by Gasteiger charge is 2.23. The second-order valence-corrected chi connectivity index (χ2v) is 6.20. The van der Waals surface area contributed by atoms with Gasteiger partial charge in [0, 0.05) is 17.4 Å². The summed E-state index contributed by atoms with van der Waals surface area (Å²) in [4.78, 5) is 11.2. The first-order valence-electron chi connectivity index (χ1n) is 7.80. The van der Waals surface area contributed by atoms with E-state index in [0.717, 1.165) is 23.2 Å². The lowest BCUT2D eigenvalue weighted by molar-refractivity contribution is 0.187. The van der Waals surface area contributed by atoms with Crippen LogP contribution in [0.15, 0.2) is 24.3 Å². The molecule has 1 saturated carbocycles. The van der Waals surface area contributed by atoms with Gasteiger partial charge in [0.1, 0.15) is 0 Å². The number of rotatable bonds is 4. The zero-order chi connectivity index (χ0) is 15.2. The van der Waals surface area contributed by atoms with Crippen LogP contribution >= 0.6 is 0 Å². The van der Waals surface area contributed by atoms with Crippen LogP contribution in [0.3, 0.4) is 0 Å². The minimum absolute atomic E-state index is 0.440. The second kappa shape index (κ2) is 7.34. The minimum atomic E-state index is -0.440. The molecule has 1 aromatic carbocycles. The molecule has 1 aliphatic carbocycles. The molecule has 0 heterocycles. The van der Waals surface area contributed by atoms with Crippen molar-refractivity contribution in [3.05, 3.63) is 24.3 Å². The Kier molecular flexibility index (Phi) is 5.48. The number of carbonyl (C=O) groups excluding carboxylic acids is 1. The highest BCUT2D eigenvalue weighted by Crippen LogP contribution is 2.31. The van der Waals surface area contributed by atoms with Crippen LogP contribution in [-0.4, -0.2) is 19.2 Å². The van der Waals surface area contributed by atoms with Gasteiger partial charge in [-0.25, -0.2) is 4.79 Å². The van der Waals surface area contributed by atoms with E-state index in [0.29, 0.717) is 6.04 Å². The zero-order valence-electron chi connectivity index (χ0n) is 13.2. The quantitative estimate of drug-likeness (QED) is 0.859. The molecule has 2 N–H and O–H groups in total. The third-order valence-corrected chi connectivity index (χ3v) is 4.38. The lowest BCUT2D eigenvalue weighted by Crippen LogP contribution is -2.27. The summed E-state index contributed by atoms with van der Waals surface area (Å²) in [7, 11) is 1.37. The Hall–Kier alpha value is -1.71. The van der Waals surface area contributed by atoms with Crippen molar-refractivity contribution in [3.63, 3.8) is 0 Å². The molecule has 0 radical (unpaired) electrons. The van der Waals surface area contributed by atoms with Crippen molar-refractivity contribution in [1.29, 1.82) is 0 Å². The molecule has 0 bridgehead atoms. The van der Waals surface area contributed by atoms with E-state index in [1.165, 1.54) is 32.8 Å². The van der Waals surface area contributed by atoms with Crippen molar-refractivity contribution in [3.8, 4) is 0 Å². The zero-order valence-corrected chi connectivity index (χ0v) is 13.2. The molecule has 0 spiro atoms. The van der Waals surface area contributed by atoms with E-state index >= 15 is 0 Å². The molecule has 1 amide bonds. The van der Waals surface area contributed by atoms with Gasteiger partial charge in [0.2, 0.25) is 0 Å². The number of ether oxygens (including phenoxy) is 1. The molecule has 4 nitrogen and oxygen atoms in total. The number of benzene rings is 1. The summed E-state index contributed by atoms with van der Waals surface area (Å²) >= 11 is 0. The van der Waals surface area contributed by atoms with Gasteiger partial charge in [0.15, 0.2) is 0 Å².